The number of Topliss-reactive ketones (excluding diaryl/α,β-unsaturated/α-hetero) is 1. The second-order valence-corrected chi connectivity index (χ2v) is 4.23. The van der Waals surface area contributed by atoms with Crippen molar-refractivity contribution in [1.82, 2.24) is 4.90 Å². The lowest BCUT2D eigenvalue weighted by Crippen LogP contribution is -2.26. The highest BCUT2D eigenvalue weighted by molar-refractivity contribution is 5.82. The molecule has 0 saturated carbocycles. The predicted octanol–water partition coefficient (Wildman–Crippen LogP) is 1.65. The molecule has 3 heteroatoms. The number of ketones is 1. The average Bonchev–Trinajstić information content (AvgIpc) is 2.67. The maximum Gasteiger partial charge on any atom is 0.148 e. The monoisotopic (exact) mass is 219 g/mol. The molecule has 86 valence electrons. The van der Waals surface area contributed by atoms with E-state index in [2.05, 4.69) is 11.8 Å². The van der Waals surface area contributed by atoms with Crippen molar-refractivity contribution in [2.75, 3.05) is 26.2 Å². The van der Waals surface area contributed by atoms with Gasteiger partial charge in [0.2, 0.25) is 0 Å². The fourth-order valence-electron chi connectivity index (χ4n) is 1.81. The Labute approximate surface area is 96.0 Å². The molecule has 0 spiro atoms. The summed E-state index contributed by atoms with van der Waals surface area (Å²) in [5.74, 6) is 1.24. The van der Waals surface area contributed by atoms with Crippen molar-refractivity contribution >= 4 is 5.78 Å². The van der Waals surface area contributed by atoms with Crippen LogP contribution in [0.2, 0.25) is 0 Å². The number of ether oxygens (including phenoxy) is 1. The molecule has 0 bridgehead atoms. The Morgan fingerprint density at radius 2 is 2.06 bits per heavy atom. The van der Waals surface area contributed by atoms with E-state index in [4.69, 9.17) is 4.74 Å². The van der Waals surface area contributed by atoms with E-state index in [9.17, 15) is 4.79 Å². The van der Waals surface area contributed by atoms with Crippen LogP contribution in [0, 0.1) is 6.92 Å². The quantitative estimate of drug-likeness (QED) is 0.771. The number of carbonyl (C=O) groups excluding carboxylic acids is 1. The van der Waals surface area contributed by atoms with E-state index < -0.39 is 0 Å². The second-order valence-electron chi connectivity index (χ2n) is 4.23. The van der Waals surface area contributed by atoms with Crippen LogP contribution in [0.4, 0.5) is 0 Å². The molecular formula is C13H17NO2. The first kappa shape index (κ1) is 11.1. The lowest BCUT2D eigenvalue weighted by molar-refractivity contribution is -0.116. The highest BCUT2D eigenvalue weighted by atomic mass is 16.5. The molecule has 0 N–H and O–H groups in total. The number of rotatable bonds is 4. The van der Waals surface area contributed by atoms with Gasteiger partial charge in [-0.25, -0.2) is 0 Å². The number of aryl methyl sites for hydroxylation is 1. The minimum Gasteiger partial charge on any atom is -0.492 e. The normalized spacial score (nSPS) is 16.7. The zero-order chi connectivity index (χ0) is 11.4. The molecule has 1 aliphatic rings. The summed E-state index contributed by atoms with van der Waals surface area (Å²) in [5.41, 5.74) is 1.23. The van der Waals surface area contributed by atoms with Crippen molar-refractivity contribution in [3.8, 4) is 5.75 Å². The van der Waals surface area contributed by atoms with Gasteiger partial charge in [-0.05, 0) is 19.1 Å². The van der Waals surface area contributed by atoms with Gasteiger partial charge in [0.15, 0.2) is 0 Å². The highest BCUT2D eigenvalue weighted by Crippen LogP contribution is 2.11. The SMILES string of the molecule is Cc1ccc(OCCN2CCC(=O)C2)cc1. The Hall–Kier alpha value is -1.35. The maximum atomic E-state index is 11.0. The van der Waals surface area contributed by atoms with Gasteiger partial charge in [0.1, 0.15) is 18.1 Å². The van der Waals surface area contributed by atoms with Crippen LogP contribution in [0.15, 0.2) is 24.3 Å². The van der Waals surface area contributed by atoms with E-state index in [1.807, 2.05) is 24.3 Å². The Morgan fingerprint density at radius 3 is 2.69 bits per heavy atom. The lowest BCUT2D eigenvalue weighted by Gasteiger charge is -2.14. The molecule has 1 fully saturated rings. The molecule has 3 nitrogen and oxygen atoms in total. The number of carbonyl (C=O) groups is 1. The molecule has 0 aromatic heterocycles. The molecule has 1 aromatic carbocycles. The van der Waals surface area contributed by atoms with Crippen LogP contribution in [0.25, 0.3) is 0 Å². The summed E-state index contributed by atoms with van der Waals surface area (Å²) in [5, 5.41) is 0. The van der Waals surface area contributed by atoms with E-state index in [-0.39, 0.29) is 0 Å². The van der Waals surface area contributed by atoms with Crippen LogP contribution >= 0.6 is 0 Å². The molecule has 0 unspecified atom stereocenters. The average molecular weight is 219 g/mol. The van der Waals surface area contributed by atoms with Gasteiger partial charge in [-0.15, -0.1) is 0 Å². The topological polar surface area (TPSA) is 29.5 Å². The molecule has 1 saturated heterocycles. The first-order valence-corrected chi connectivity index (χ1v) is 5.67. The summed E-state index contributed by atoms with van der Waals surface area (Å²) in [6.45, 7) is 5.02. The van der Waals surface area contributed by atoms with Crippen molar-refractivity contribution < 1.29 is 9.53 Å². The lowest BCUT2D eigenvalue weighted by atomic mass is 10.2. The van der Waals surface area contributed by atoms with Crippen molar-refractivity contribution in [1.29, 1.82) is 0 Å². The van der Waals surface area contributed by atoms with Crippen molar-refractivity contribution in [3.05, 3.63) is 29.8 Å². The highest BCUT2D eigenvalue weighted by Gasteiger charge is 2.18. The predicted molar refractivity (Wildman–Crippen MR) is 62.7 cm³/mol. The van der Waals surface area contributed by atoms with Gasteiger partial charge < -0.3 is 4.74 Å². The van der Waals surface area contributed by atoms with Crippen LogP contribution < -0.4 is 4.74 Å². The fraction of sp³-hybridized carbons (Fsp3) is 0.462. The molecule has 2 rings (SSSR count). The van der Waals surface area contributed by atoms with Gasteiger partial charge in [-0.2, -0.15) is 0 Å². The molecule has 1 aromatic rings. The van der Waals surface area contributed by atoms with Crippen LogP contribution in [-0.4, -0.2) is 36.9 Å². The molecule has 0 radical (unpaired) electrons. The van der Waals surface area contributed by atoms with Gasteiger partial charge in [0.25, 0.3) is 0 Å². The van der Waals surface area contributed by atoms with Crippen molar-refractivity contribution in [3.63, 3.8) is 0 Å². The van der Waals surface area contributed by atoms with Gasteiger partial charge in [0, 0.05) is 19.5 Å². The Bertz CT molecular complexity index is 359. The first-order chi connectivity index (χ1) is 7.74. The van der Waals surface area contributed by atoms with E-state index in [0.29, 0.717) is 25.4 Å². The van der Waals surface area contributed by atoms with Gasteiger partial charge in [-0.1, -0.05) is 17.7 Å². The molecule has 0 aliphatic carbocycles. The molecule has 16 heavy (non-hydrogen) atoms. The van der Waals surface area contributed by atoms with E-state index in [1.165, 1.54) is 5.56 Å². The summed E-state index contributed by atoms with van der Waals surface area (Å²) >= 11 is 0. The standard InChI is InChI=1S/C13H17NO2/c1-11-2-4-13(5-3-11)16-9-8-14-7-6-12(15)10-14/h2-5H,6-10H2,1H3. The third-order valence-electron chi connectivity index (χ3n) is 2.80. The summed E-state index contributed by atoms with van der Waals surface area (Å²) in [6.07, 6.45) is 0.699. The Kier molecular flexibility index (Phi) is 3.57. The third kappa shape index (κ3) is 3.07. The molecule has 1 heterocycles. The number of nitrogens with zero attached hydrogens (tertiary/aromatic N) is 1. The smallest absolute Gasteiger partial charge is 0.148 e. The molecular weight excluding hydrogens is 202 g/mol. The maximum absolute atomic E-state index is 11.0. The van der Waals surface area contributed by atoms with Gasteiger partial charge in [-0.3, -0.25) is 9.69 Å². The number of benzene rings is 1. The van der Waals surface area contributed by atoms with E-state index >= 15 is 0 Å². The number of hydrogen-bond donors (Lipinski definition) is 0. The minimum atomic E-state index is 0.343. The summed E-state index contributed by atoms with van der Waals surface area (Å²) in [7, 11) is 0. The zero-order valence-electron chi connectivity index (χ0n) is 9.61. The van der Waals surface area contributed by atoms with E-state index in [0.717, 1.165) is 18.8 Å². The van der Waals surface area contributed by atoms with Crippen LogP contribution in [0.5, 0.6) is 5.75 Å². The summed E-state index contributed by atoms with van der Waals surface area (Å²) < 4.78 is 5.61. The summed E-state index contributed by atoms with van der Waals surface area (Å²) in [6, 6.07) is 8.03. The molecule has 1 aliphatic heterocycles. The molecule has 0 amide bonds. The second kappa shape index (κ2) is 5.12. The zero-order valence-corrected chi connectivity index (χ0v) is 9.61. The van der Waals surface area contributed by atoms with Crippen molar-refractivity contribution in [2.24, 2.45) is 0 Å². The van der Waals surface area contributed by atoms with Crippen LogP contribution in [0.1, 0.15) is 12.0 Å². The first-order valence-electron chi connectivity index (χ1n) is 5.67. The van der Waals surface area contributed by atoms with E-state index in [1.54, 1.807) is 0 Å². The van der Waals surface area contributed by atoms with Crippen LogP contribution in [0.3, 0.4) is 0 Å². The minimum absolute atomic E-state index is 0.343. The molecule has 0 atom stereocenters. The number of hydrogen-bond acceptors (Lipinski definition) is 3. The largest absolute Gasteiger partial charge is 0.492 e. The van der Waals surface area contributed by atoms with Gasteiger partial charge in [0.05, 0.1) is 6.54 Å². The third-order valence-corrected chi connectivity index (χ3v) is 2.80. The Balaban J connectivity index is 1.72. The van der Waals surface area contributed by atoms with Gasteiger partial charge >= 0.3 is 0 Å². The summed E-state index contributed by atoms with van der Waals surface area (Å²) in [4.78, 5) is 13.2. The fourth-order valence-corrected chi connectivity index (χ4v) is 1.81. The number of likely N-dealkylation sites (tertiary alicyclic amines) is 1. The van der Waals surface area contributed by atoms with Crippen molar-refractivity contribution in [2.45, 2.75) is 13.3 Å². The van der Waals surface area contributed by atoms with Crippen LogP contribution in [-0.2, 0) is 4.79 Å². The Morgan fingerprint density at radius 1 is 1.31 bits per heavy atom.